The van der Waals surface area contributed by atoms with E-state index >= 15 is 0 Å². The average molecular weight is 490 g/mol. The predicted octanol–water partition coefficient (Wildman–Crippen LogP) is 4.47. The number of carbonyl (C=O) groups is 1. The SMILES string of the molecule is CC(CCOc1ccc(-c2noc(C(F)(F)F)n2)cc1)CCN1CCN(c2ccnc(N)c2)C1=O. The van der Waals surface area contributed by atoms with E-state index in [1.165, 1.54) is 0 Å². The number of rotatable bonds is 9. The maximum absolute atomic E-state index is 12.7. The first kappa shape index (κ1) is 24.3. The van der Waals surface area contributed by atoms with Crippen LogP contribution in [0.25, 0.3) is 11.4 Å². The number of aromatic nitrogens is 3. The van der Waals surface area contributed by atoms with Gasteiger partial charge in [-0.25, -0.2) is 9.78 Å². The fourth-order valence-corrected chi connectivity index (χ4v) is 3.69. The van der Waals surface area contributed by atoms with Crippen LogP contribution in [0.5, 0.6) is 5.75 Å². The van der Waals surface area contributed by atoms with Gasteiger partial charge in [0.1, 0.15) is 11.6 Å². The molecule has 1 aromatic carbocycles. The normalized spacial score (nSPS) is 15.0. The van der Waals surface area contributed by atoms with Crippen molar-refractivity contribution in [1.82, 2.24) is 20.0 Å². The summed E-state index contributed by atoms with van der Waals surface area (Å²) in [4.78, 5) is 23.6. The molecule has 12 heteroatoms. The summed E-state index contributed by atoms with van der Waals surface area (Å²) in [6.07, 6.45) is -1.47. The summed E-state index contributed by atoms with van der Waals surface area (Å²) in [7, 11) is 0. The molecule has 2 amide bonds. The largest absolute Gasteiger partial charge is 0.494 e. The molecule has 2 N–H and O–H groups in total. The van der Waals surface area contributed by atoms with Crippen molar-refractivity contribution in [3.63, 3.8) is 0 Å². The Kier molecular flexibility index (Phi) is 7.08. The molecule has 1 unspecified atom stereocenters. The molecule has 0 aliphatic carbocycles. The Morgan fingerprint density at radius 2 is 1.94 bits per heavy atom. The molecule has 0 spiro atoms. The number of carbonyl (C=O) groups excluding carboxylic acids is 1. The smallest absolute Gasteiger partial charge is 0.471 e. The van der Waals surface area contributed by atoms with Gasteiger partial charge in [0, 0.05) is 37.5 Å². The molecule has 9 nitrogen and oxygen atoms in total. The van der Waals surface area contributed by atoms with Crippen molar-refractivity contribution >= 4 is 17.5 Å². The molecule has 186 valence electrons. The van der Waals surface area contributed by atoms with Gasteiger partial charge in [-0.2, -0.15) is 18.2 Å². The van der Waals surface area contributed by atoms with Crippen LogP contribution in [0.4, 0.5) is 29.5 Å². The average Bonchev–Trinajstić information content (AvgIpc) is 3.46. The Bertz CT molecular complexity index is 1150. The van der Waals surface area contributed by atoms with Crippen LogP contribution in [-0.4, -0.2) is 52.3 Å². The second-order valence-electron chi connectivity index (χ2n) is 8.34. The Balaban J connectivity index is 1.19. The zero-order chi connectivity index (χ0) is 25.0. The lowest BCUT2D eigenvalue weighted by Gasteiger charge is -2.20. The van der Waals surface area contributed by atoms with Crippen LogP contribution in [0.2, 0.25) is 0 Å². The molecule has 1 aliphatic heterocycles. The summed E-state index contributed by atoms with van der Waals surface area (Å²) >= 11 is 0. The predicted molar refractivity (Wildman–Crippen MR) is 122 cm³/mol. The number of pyridine rings is 1. The van der Waals surface area contributed by atoms with Crippen molar-refractivity contribution < 1.29 is 27.2 Å². The Labute approximate surface area is 199 Å². The second-order valence-corrected chi connectivity index (χ2v) is 8.34. The minimum absolute atomic E-state index is 0.0388. The highest BCUT2D eigenvalue weighted by Crippen LogP contribution is 2.30. The van der Waals surface area contributed by atoms with E-state index in [2.05, 4.69) is 26.6 Å². The molecule has 35 heavy (non-hydrogen) atoms. The summed E-state index contributed by atoms with van der Waals surface area (Å²) in [6, 6.07) is 9.86. The number of urea groups is 1. The molecule has 1 fully saturated rings. The molecule has 0 saturated carbocycles. The number of halogens is 3. The van der Waals surface area contributed by atoms with Crippen LogP contribution in [-0.2, 0) is 6.18 Å². The summed E-state index contributed by atoms with van der Waals surface area (Å²) in [6.45, 7) is 4.48. The molecule has 1 aliphatic rings. The van der Waals surface area contributed by atoms with E-state index < -0.39 is 12.1 Å². The number of hydrogen-bond acceptors (Lipinski definition) is 7. The molecule has 1 saturated heterocycles. The Morgan fingerprint density at radius 1 is 1.17 bits per heavy atom. The highest BCUT2D eigenvalue weighted by Gasteiger charge is 2.38. The van der Waals surface area contributed by atoms with Crippen molar-refractivity contribution in [1.29, 1.82) is 0 Å². The third kappa shape index (κ3) is 6.00. The third-order valence-corrected chi connectivity index (χ3v) is 5.72. The van der Waals surface area contributed by atoms with E-state index in [-0.39, 0.29) is 11.9 Å². The number of nitrogens with zero attached hydrogens (tertiary/aromatic N) is 5. The number of alkyl halides is 3. The first-order chi connectivity index (χ1) is 16.7. The molecule has 0 bridgehead atoms. The van der Waals surface area contributed by atoms with E-state index in [1.54, 1.807) is 47.5 Å². The van der Waals surface area contributed by atoms with Crippen LogP contribution < -0.4 is 15.4 Å². The monoisotopic (exact) mass is 490 g/mol. The van der Waals surface area contributed by atoms with Crippen LogP contribution >= 0.6 is 0 Å². The summed E-state index contributed by atoms with van der Waals surface area (Å²) in [5, 5.41) is 3.37. The van der Waals surface area contributed by atoms with E-state index in [0.717, 1.165) is 18.5 Å². The Hall–Kier alpha value is -3.83. The van der Waals surface area contributed by atoms with Gasteiger partial charge in [-0.1, -0.05) is 12.1 Å². The number of ether oxygens (including phenoxy) is 1. The highest BCUT2D eigenvalue weighted by molar-refractivity contribution is 5.94. The number of benzene rings is 1. The van der Waals surface area contributed by atoms with Gasteiger partial charge in [0.2, 0.25) is 5.82 Å². The minimum atomic E-state index is -4.68. The topological polar surface area (TPSA) is 111 Å². The summed E-state index contributed by atoms with van der Waals surface area (Å²) < 4.78 is 47.8. The molecule has 2 aromatic heterocycles. The van der Waals surface area contributed by atoms with Gasteiger partial charge < -0.3 is 19.9 Å². The van der Waals surface area contributed by atoms with Crippen molar-refractivity contribution in [3.8, 4) is 17.1 Å². The minimum Gasteiger partial charge on any atom is -0.494 e. The lowest BCUT2D eigenvalue weighted by atomic mass is 10.0. The number of hydrogen-bond donors (Lipinski definition) is 1. The highest BCUT2D eigenvalue weighted by atomic mass is 19.4. The molecular weight excluding hydrogens is 465 g/mol. The van der Waals surface area contributed by atoms with E-state index in [0.29, 0.717) is 49.3 Å². The van der Waals surface area contributed by atoms with Crippen molar-refractivity contribution in [2.24, 2.45) is 5.92 Å². The van der Waals surface area contributed by atoms with Gasteiger partial charge in [0.25, 0.3) is 0 Å². The molecule has 3 heterocycles. The molecule has 3 aromatic rings. The molecule has 1 atom stereocenters. The van der Waals surface area contributed by atoms with Crippen LogP contribution in [0.1, 0.15) is 25.7 Å². The Morgan fingerprint density at radius 3 is 2.63 bits per heavy atom. The first-order valence-corrected chi connectivity index (χ1v) is 11.1. The van der Waals surface area contributed by atoms with E-state index in [1.807, 2.05) is 4.90 Å². The second kappa shape index (κ2) is 10.2. The third-order valence-electron chi connectivity index (χ3n) is 5.72. The quantitative estimate of drug-likeness (QED) is 0.471. The van der Waals surface area contributed by atoms with Gasteiger partial charge in [0.05, 0.1) is 12.3 Å². The number of nitrogens with two attached hydrogens (primary N) is 1. The van der Waals surface area contributed by atoms with Crippen molar-refractivity contribution in [2.45, 2.75) is 25.9 Å². The van der Waals surface area contributed by atoms with Gasteiger partial charge in [-0.15, -0.1) is 0 Å². The molecule has 0 radical (unpaired) electrons. The van der Waals surface area contributed by atoms with Crippen LogP contribution in [0.3, 0.4) is 0 Å². The molecular formula is C23H25F3N6O3. The van der Waals surface area contributed by atoms with E-state index in [4.69, 9.17) is 10.5 Å². The number of nitrogen functional groups attached to an aromatic ring is 1. The van der Waals surface area contributed by atoms with Gasteiger partial charge in [0.15, 0.2) is 0 Å². The zero-order valence-electron chi connectivity index (χ0n) is 19.0. The lowest BCUT2D eigenvalue weighted by Crippen LogP contribution is -2.33. The first-order valence-electron chi connectivity index (χ1n) is 11.1. The maximum atomic E-state index is 12.7. The fourth-order valence-electron chi connectivity index (χ4n) is 3.69. The van der Waals surface area contributed by atoms with Crippen LogP contribution in [0.15, 0.2) is 47.1 Å². The van der Waals surface area contributed by atoms with E-state index in [9.17, 15) is 18.0 Å². The van der Waals surface area contributed by atoms with Crippen LogP contribution in [0, 0.1) is 5.92 Å². The molecule has 4 rings (SSSR count). The van der Waals surface area contributed by atoms with Crippen molar-refractivity contribution in [2.75, 3.05) is 36.9 Å². The number of anilines is 2. The number of amides is 2. The van der Waals surface area contributed by atoms with Gasteiger partial charge in [-0.05, 0) is 49.1 Å². The standard InChI is InChI=1S/C23H25F3N6O3/c1-15(7-10-31-11-12-32(22(31)33)17-6-9-28-19(27)14-17)8-13-34-18-4-2-16(3-5-18)20-29-21(35-30-20)23(24,25)26/h2-6,9,14-15H,7-8,10-13H2,1H3,(H2,27,28). The lowest BCUT2D eigenvalue weighted by molar-refractivity contribution is -0.159. The van der Waals surface area contributed by atoms with Crippen molar-refractivity contribution in [3.05, 3.63) is 48.5 Å². The fraction of sp³-hybridized carbons (Fsp3) is 0.391. The zero-order valence-corrected chi connectivity index (χ0v) is 19.0. The summed E-state index contributed by atoms with van der Waals surface area (Å²) in [5.41, 5.74) is 6.86. The summed E-state index contributed by atoms with van der Waals surface area (Å²) in [5.74, 6) is -0.232. The van der Waals surface area contributed by atoms with Gasteiger partial charge in [-0.3, -0.25) is 4.90 Å². The maximum Gasteiger partial charge on any atom is 0.471 e. The van der Waals surface area contributed by atoms with Gasteiger partial charge >= 0.3 is 18.1 Å².